The Bertz CT molecular complexity index is 668. The van der Waals surface area contributed by atoms with Crippen molar-refractivity contribution in [2.45, 2.75) is 23.5 Å². The molecule has 1 aliphatic heterocycles. The molecular weight excluding hydrogens is 294 g/mol. The highest BCUT2D eigenvalue weighted by atomic mass is 32.2. The van der Waals surface area contributed by atoms with E-state index in [2.05, 4.69) is 0 Å². The normalized spacial score (nSPS) is 24.1. The highest BCUT2D eigenvalue weighted by Crippen LogP contribution is 2.33. The number of thiophene rings is 1. The first-order chi connectivity index (χ1) is 9.59. The molecule has 1 aromatic carbocycles. The fourth-order valence-electron chi connectivity index (χ4n) is 2.33. The Labute approximate surface area is 122 Å². The second-order valence-electron chi connectivity index (χ2n) is 4.64. The average molecular weight is 309 g/mol. The van der Waals surface area contributed by atoms with Crippen LogP contribution in [0.1, 0.15) is 18.6 Å². The van der Waals surface area contributed by atoms with Gasteiger partial charge in [0.25, 0.3) is 10.0 Å². The Morgan fingerprint density at radius 2 is 1.95 bits per heavy atom. The number of hydrogen-bond acceptors (Lipinski definition) is 4. The van der Waals surface area contributed by atoms with Crippen LogP contribution in [0.5, 0.6) is 0 Å². The van der Waals surface area contributed by atoms with E-state index in [-0.39, 0.29) is 6.10 Å². The van der Waals surface area contributed by atoms with E-state index in [0.717, 1.165) is 5.56 Å². The standard InChI is InChI=1S/C14H15NO3S2/c1-11-15(20(16,17)14-8-5-9-19-14)10-13(18-11)12-6-3-2-4-7-12/h2-9,11,13H,10H2,1H3. The molecule has 6 heteroatoms. The average Bonchev–Trinajstić information content (AvgIpc) is 3.09. The number of sulfonamides is 1. The largest absolute Gasteiger partial charge is 0.353 e. The summed E-state index contributed by atoms with van der Waals surface area (Å²) < 4.78 is 32.7. The van der Waals surface area contributed by atoms with E-state index >= 15 is 0 Å². The molecule has 0 amide bonds. The first-order valence-corrected chi connectivity index (χ1v) is 8.67. The van der Waals surface area contributed by atoms with Crippen molar-refractivity contribution in [3.63, 3.8) is 0 Å². The van der Waals surface area contributed by atoms with Gasteiger partial charge in [-0.25, -0.2) is 8.42 Å². The molecule has 1 fully saturated rings. The molecule has 3 rings (SSSR count). The minimum atomic E-state index is -3.46. The molecule has 0 bridgehead atoms. The summed E-state index contributed by atoms with van der Waals surface area (Å²) >= 11 is 1.23. The van der Waals surface area contributed by atoms with Crippen LogP contribution in [0, 0.1) is 0 Å². The maximum absolute atomic E-state index is 12.5. The Hall–Kier alpha value is -1.21. The van der Waals surface area contributed by atoms with E-state index in [0.29, 0.717) is 10.8 Å². The van der Waals surface area contributed by atoms with Crippen LogP contribution in [0.2, 0.25) is 0 Å². The van der Waals surface area contributed by atoms with E-state index in [1.54, 1.807) is 24.4 Å². The van der Waals surface area contributed by atoms with E-state index in [1.807, 2.05) is 30.3 Å². The number of ether oxygens (including phenoxy) is 1. The van der Waals surface area contributed by atoms with Crippen molar-refractivity contribution in [1.82, 2.24) is 4.31 Å². The summed E-state index contributed by atoms with van der Waals surface area (Å²) in [6, 6.07) is 13.1. The van der Waals surface area contributed by atoms with Crippen molar-refractivity contribution in [2.24, 2.45) is 0 Å². The monoisotopic (exact) mass is 309 g/mol. The summed E-state index contributed by atoms with van der Waals surface area (Å²) in [6.45, 7) is 2.12. The highest BCUT2D eigenvalue weighted by molar-refractivity contribution is 7.91. The van der Waals surface area contributed by atoms with Crippen LogP contribution in [0.15, 0.2) is 52.1 Å². The van der Waals surface area contributed by atoms with Gasteiger partial charge in [-0.3, -0.25) is 0 Å². The molecule has 106 valence electrons. The zero-order valence-electron chi connectivity index (χ0n) is 11.0. The zero-order chi connectivity index (χ0) is 14.2. The van der Waals surface area contributed by atoms with E-state index in [1.165, 1.54) is 15.6 Å². The van der Waals surface area contributed by atoms with E-state index in [9.17, 15) is 8.42 Å². The Morgan fingerprint density at radius 3 is 2.60 bits per heavy atom. The predicted molar refractivity (Wildman–Crippen MR) is 77.9 cm³/mol. The van der Waals surface area contributed by atoms with Gasteiger partial charge in [-0.2, -0.15) is 4.31 Å². The third kappa shape index (κ3) is 2.40. The van der Waals surface area contributed by atoms with Crippen LogP contribution in [0.25, 0.3) is 0 Å². The quantitative estimate of drug-likeness (QED) is 0.876. The van der Waals surface area contributed by atoms with Crippen molar-refractivity contribution in [3.8, 4) is 0 Å². The lowest BCUT2D eigenvalue weighted by Gasteiger charge is -2.17. The summed E-state index contributed by atoms with van der Waals surface area (Å²) in [5.41, 5.74) is 1.00. The van der Waals surface area contributed by atoms with Gasteiger partial charge in [-0.15, -0.1) is 11.3 Å². The first-order valence-electron chi connectivity index (χ1n) is 6.35. The van der Waals surface area contributed by atoms with Gasteiger partial charge in [0.15, 0.2) is 0 Å². The molecule has 0 spiro atoms. The molecule has 0 aliphatic carbocycles. The highest BCUT2D eigenvalue weighted by Gasteiger charge is 2.39. The maximum atomic E-state index is 12.5. The van der Waals surface area contributed by atoms with Gasteiger partial charge < -0.3 is 4.74 Å². The summed E-state index contributed by atoms with van der Waals surface area (Å²) in [7, 11) is -3.46. The molecule has 1 aliphatic rings. The smallest absolute Gasteiger partial charge is 0.254 e. The minimum absolute atomic E-state index is 0.207. The Morgan fingerprint density at radius 1 is 1.20 bits per heavy atom. The van der Waals surface area contributed by atoms with Crippen molar-refractivity contribution < 1.29 is 13.2 Å². The molecule has 0 radical (unpaired) electrons. The summed E-state index contributed by atoms with van der Waals surface area (Å²) in [6.07, 6.45) is -0.659. The molecule has 1 aromatic heterocycles. The third-order valence-electron chi connectivity index (χ3n) is 3.34. The number of nitrogens with zero attached hydrogens (tertiary/aromatic N) is 1. The lowest BCUT2D eigenvalue weighted by molar-refractivity contribution is 0.0345. The summed E-state index contributed by atoms with van der Waals surface area (Å²) in [5.74, 6) is 0. The SMILES string of the molecule is CC1OC(c2ccccc2)CN1S(=O)(=O)c1cccs1. The van der Waals surface area contributed by atoms with Crippen LogP contribution < -0.4 is 0 Å². The molecular formula is C14H15NO3S2. The minimum Gasteiger partial charge on any atom is -0.353 e. The molecule has 2 atom stereocenters. The fourth-order valence-corrected chi connectivity index (χ4v) is 4.97. The molecule has 2 aromatic rings. The molecule has 2 heterocycles. The van der Waals surface area contributed by atoms with Gasteiger partial charge in [0, 0.05) is 6.54 Å². The van der Waals surface area contributed by atoms with Crippen molar-refractivity contribution >= 4 is 21.4 Å². The molecule has 4 nitrogen and oxygen atoms in total. The van der Waals surface area contributed by atoms with Crippen molar-refractivity contribution in [3.05, 3.63) is 53.4 Å². The van der Waals surface area contributed by atoms with Crippen LogP contribution in [0.4, 0.5) is 0 Å². The molecule has 0 saturated carbocycles. The summed E-state index contributed by atoms with van der Waals surface area (Å²) in [5, 5.41) is 1.77. The van der Waals surface area contributed by atoms with Gasteiger partial charge in [0.1, 0.15) is 10.4 Å². The van der Waals surface area contributed by atoms with Crippen LogP contribution >= 0.6 is 11.3 Å². The van der Waals surface area contributed by atoms with E-state index in [4.69, 9.17) is 4.74 Å². The zero-order valence-corrected chi connectivity index (χ0v) is 12.6. The third-order valence-corrected chi connectivity index (χ3v) is 6.63. The lowest BCUT2D eigenvalue weighted by atomic mass is 10.1. The molecule has 20 heavy (non-hydrogen) atoms. The maximum Gasteiger partial charge on any atom is 0.254 e. The van der Waals surface area contributed by atoms with Gasteiger partial charge in [-0.1, -0.05) is 36.4 Å². The Kier molecular flexibility index (Phi) is 3.64. The topological polar surface area (TPSA) is 46.6 Å². The van der Waals surface area contributed by atoms with Crippen molar-refractivity contribution in [1.29, 1.82) is 0 Å². The second kappa shape index (κ2) is 5.29. The molecule has 2 unspecified atom stereocenters. The number of rotatable bonds is 3. The number of benzene rings is 1. The number of hydrogen-bond donors (Lipinski definition) is 0. The van der Waals surface area contributed by atoms with E-state index < -0.39 is 16.3 Å². The van der Waals surface area contributed by atoms with Gasteiger partial charge >= 0.3 is 0 Å². The lowest BCUT2D eigenvalue weighted by Crippen LogP contribution is -2.33. The van der Waals surface area contributed by atoms with Gasteiger partial charge in [-0.05, 0) is 23.9 Å². The Balaban J connectivity index is 1.87. The first kappa shape index (κ1) is 13.8. The predicted octanol–water partition coefficient (Wildman–Crippen LogP) is 2.86. The van der Waals surface area contributed by atoms with Crippen molar-refractivity contribution in [2.75, 3.05) is 6.54 Å². The van der Waals surface area contributed by atoms with Gasteiger partial charge in [0.2, 0.25) is 0 Å². The van der Waals surface area contributed by atoms with Crippen LogP contribution in [-0.4, -0.2) is 25.5 Å². The molecule has 1 saturated heterocycles. The van der Waals surface area contributed by atoms with Crippen LogP contribution in [-0.2, 0) is 14.8 Å². The molecule has 0 N–H and O–H groups in total. The summed E-state index contributed by atoms with van der Waals surface area (Å²) in [4.78, 5) is 0. The van der Waals surface area contributed by atoms with Crippen LogP contribution in [0.3, 0.4) is 0 Å². The van der Waals surface area contributed by atoms with Gasteiger partial charge in [0.05, 0.1) is 6.10 Å². The fraction of sp³-hybridized carbons (Fsp3) is 0.286. The second-order valence-corrected chi connectivity index (χ2v) is 7.71.